The molecular formula is C23H31N5O3. The van der Waals surface area contributed by atoms with E-state index in [1.807, 2.05) is 19.2 Å². The Balaban J connectivity index is 1.35. The van der Waals surface area contributed by atoms with Gasteiger partial charge in [0, 0.05) is 26.1 Å². The highest BCUT2D eigenvalue weighted by Crippen LogP contribution is 2.44. The van der Waals surface area contributed by atoms with Crippen molar-refractivity contribution < 1.29 is 14.3 Å². The van der Waals surface area contributed by atoms with Crippen LogP contribution in [0.5, 0.6) is 5.75 Å². The Bertz CT molecular complexity index is 945. The topological polar surface area (TPSA) is 82.4 Å². The summed E-state index contributed by atoms with van der Waals surface area (Å²) < 4.78 is 13.6. The van der Waals surface area contributed by atoms with Gasteiger partial charge in [-0.2, -0.15) is 0 Å². The van der Waals surface area contributed by atoms with Crippen molar-refractivity contribution in [3.63, 3.8) is 0 Å². The molecule has 3 aliphatic rings. The number of nitrogens with zero attached hydrogens (tertiary/aromatic N) is 5. The van der Waals surface area contributed by atoms with Gasteiger partial charge >= 0.3 is 6.09 Å². The molecule has 0 bridgehead atoms. The van der Waals surface area contributed by atoms with Gasteiger partial charge in [0.25, 0.3) is 0 Å². The molecule has 31 heavy (non-hydrogen) atoms. The Labute approximate surface area is 182 Å². The Morgan fingerprint density at radius 2 is 1.90 bits per heavy atom. The standard InChI is InChI=1S/C23H31N5O3/c1-27(16-10-11-16)23(29)30-14-19-22(25-26-28(19)2)18-12-13-20(21(24-18)15-8-9-15)31-17-6-4-3-5-7-17/h12-13,15-17H,3-11,14H2,1-2H3. The monoisotopic (exact) mass is 425 g/mol. The van der Waals surface area contributed by atoms with E-state index in [2.05, 4.69) is 10.3 Å². The van der Waals surface area contributed by atoms with Crippen LogP contribution in [0.4, 0.5) is 4.79 Å². The number of ether oxygens (including phenoxy) is 2. The molecule has 0 saturated heterocycles. The van der Waals surface area contributed by atoms with Crippen LogP contribution in [-0.2, 0) is 18.4 Å². The lowest BCUT2D eigenvalue weighted by molar-refractivity contribution is 0.100. The second kappa shape index (κ2) is 8.48. The third-order valence-electron chi connectivity index (χ3n) is 6.60. The van der Waals surface area contributed by atoms with Crippen LogP contribution in [0.15, 0.2) is 12.1 Å². The molecule has 0 aromatic carbocycles. The molecule has 3 fully saturated rings. The Morgan fingerprint density at radius 1 is 1.13 bits per heavy atom. The van der Waals surface area contributed by atoms with Gasteiger partial charge in [0.1, 0.15) is 23.7 Å². The lowest BCUT2D eigenvalue weighted by atomic mass is 9.98. The lowest BCUT2D eigenvalue weighted by Crippen LogP contribution is -2.29. The molecule has 1 amide bonds. The number of pyridine rings is 1. The van der Waals surface area contributed by atoms with Gasteiger partial charge in [-0.15, -0.1) is 5.10 Å². The summed E-state index contributed by atoms with van der Waals surface area (Å²) >= 11 is 0. The van der Waals surface area contributed by atoms with Gasteiger partial charge < -0.3 is 14.4 Å². The van der Waals surface area contributed by atoms with Crippen LogP contribution in [-0.4, -0.2) is 50.2 Å². The van der Waals surface area contributed by atoms with Crippen LogP contribution < -0.4 is 4.74 Å². The first kappa shape index (κ1) is 20.3. The minimum Gasteiger partial charge on any atom is -0.489 e. The highest BCUT2D eigenvalue weighted by molar-refractivity contribution is 5.68. The van der Waals surface area contributed by atoms with Gasteiger partial charge in [0.05, 0.1) is 17.5 Å². The summed E-state index contributed by atoms with van der Waals surface area (Å²) in [7, 11) is 3.60. The molecule has 0 N–H and O–H groups in total. The zero-order chi connectivity index (χ0) is 21.4. The largest absolute Gasteiger partial charge is 0.489 e. The molecule has 8 nitrogen and oxygen atoms in total. The molecule has 5 rings (SSSR count). The predicted octanol–water partition coefficient (Wildman–Crippen LogP) is 4.20. The number of hydrogen-bond acceptors (Lipinski definition) is 6. The first-order valence-corrected chi connectivity index (χ1v) is 11.6. The number of aryl methyl sites for hydroxylation is 1. The molecule has 2 heterocycles. The normalized spacial score (nSPS) is 19.3. The van der Waals surface area contributed by atoms with Crippen molar-refractivity contribution in [1.82, 2.24) is 24.9 Å². The van der Waals surface area contributed by atoms with E-state index in [0.717, 1.165) is 61.4 Å². The predicted molar refractivity (Wildman–Crippen MR) is 115 cm³/mol. The van der Waals surface area contributed by atoms with Crippen molar-refractivity contribution in [2.24, 2.45) is 7.05 Å². The van der Waals surface area contributed by atoms with E-state index >= 15 is 0 Å². The molecule has 2 aromatic heterocycles. The van der Waals surface area contributed by atoms with E-state index in [0.29, 0.717) is 23.8 Å². The minimum atomic E-state index is -0.308. The fraction of sp³-hybridized carbons (Fsp3) is 0.652. The summed E-state index contributed by atoms with van der Waals surface area (Å²) in [6.45, 7) is 0.121. The summed E-state index contributed by atoms with van der Waals surface area (Å²) in [5.41, 5.74) is 3.20. The maximum atomic E-state index is 12.3. The first-order valence-electron chi connectivity index (χ1n) is 11.6. The number of hydrogen-bond donors (Lipinski definition) is 0. The van der Waals surface area contributed by atoms with E-state index in [-0.39, 0.29) is 12.7 Å². The fourth-order valence-electron chi connectivity index (χ4n) is 4.29. The van der Waals surface area contributed by atoms with Crippen molar-refractivity contribution in [1.29, 1.82) is 0 Å². The molecular weight excluding hydrogens is 394 g/mol. The minimum absolute atomic E-state index is 0.121. The third-order valence-corrected chi connectivity index (χ3v) is 6.60. The maximum Gasteiger partial charge on any atom is 0.410 e. The van der Waals surface area contributed by atoms with Gasteiger partial charge in [-0.05, 0) is 63.5 Å². The zero-order valence-corrected chi connectivity index (χ0v) is 18.4. The summed E-state index contributed by atoms with van der Waals surface area (Å²) in [6, 6.07) is 4.31. The highest BCUT2D eigenvalue weighted by atomic mass is 16.6. The highest BCUT2D eigenvalue weighted by Gasteiger charge is 2.32. The average Bonchev–Trinajstić information content (AvgIpc) is 3.70. The van der Waals surface area contributed by atoms with E-state index in [1.165, 1.54) is 19.3 Å². The lowest BCUT2D eigenvalue weighted by Gasteiger charge is -2.24. The molecule has 3 saturated carbocycles. The van der Waals surface area contributed by atoms with Crippen molar-refractivity contribution in [2.45, 2.75) is 82.5 Å². The molecule has 8 heteroatoms. The number of carbonyl (C=O) groups excluding carboxylic acids is 1. The zero-order valence-electron chi connectivity index (χ0n) is 18.4. The Kier molecular flexibility index (Phi) is 5.54. The SMILES string of the molecule is CN(C(=O)OCc1c(-c2ccc(OC3CCCCC3)c(C3CC3)n2)nnn1C)C1CC1. The quantitative estimate of drug-likeness (QED) is 0.661. The van der Waals surface area contributed by atoms with E-state index in [9.17, 15) is 4.79 Å². The maximum absolute atomic E-state index is 12.3. The van der Waals surface area contributed by atoms with Gasteiger partial charge in [0.15, 0.2) is 0 Å². The first-order chi connectivity index (χ1) is 15.1. The summed E-state index contributed by atoms with van der Waals surface area (Å²) in [6.07, 6.45) is 10.4. The number of amides is 1. The number of carbonyl (C=O) groups is 1. The second-order valence-electron chi connectivity index (χ2n) is 9.14. The van der Waals surface area contributed by atoms with Crippen LogP contribution in [0.1, 0.15) is 75.1 Å². The van der Waals surface area contributed by atoms with Crippen molar-refractivity contribution in [2.75, 3.05) is 7.05 Å². The van der Waals surface area contributed by atoms with Crippen LogP contribution in [0.25, 0.3) is 11.4 Å². The second-order valence-corrected chi connectivity index (χ2v) is 9.14. The molecule has 0 aliphatic heterocycles. The Morgan fingerprint density at radius 3 is 2.61 bits per heavy atom. The molecule has 0 atom stereocenters. The number of aromatic nitrogens is 4. The van der Waals surface area contributed by atoms with Crippen LogP contribution >= 0.6 is 0 Å². The van der Waals surface area contributed by atoms with Crippen LogP contribution in [0.3, 0.4) is 0 Å². The van der Waals surface area contributed by atoms with Crippen molar-refractivity contribution >= 4 is 6.09 Å². The van der Waals surface area contributed by atoms with Crippen LogP contribution in [0, 0.1) is 0 Å². The molecule has 0 unspecified atom stereocenters. The summed E-state index contributed by atoms with van der Waals surface area (Å²) in [5, 5.41) is 8.49. The molecule has 166 valence electrons. The summed E-state index contributed by atoms with van der Waals surface area (Å²) in [4.78, 5) is 18.9. The molecule has 3 aliphatic carbocycles. The van der Waals surface area contributed by atoms with Gasteiger partial charge in [-0.25, -0.2) is 14.5 Å². The molecule has 0 spiro atoms. The van der Waals surface area contributed by atoms with Gasteiger partial charge in [-0.3, -0.25) is 0 Å². The van der Waals surface area contributed by atoms with Gasteiger partial charge in [0.2, 0.25) is 0 Å². The third kappa shape index (κ3) is 4.52. The fourth-order valence-corrected chi connectivity index (χ4v) is 4.29. The van der Waals surface area contributed by atoms with Crippen molar-refractivity contribution in [3.05, 3.63) is 23.5 Å². The van der Waals surface area contributed by atoms with Gasteiger partial charge in [-0.1, -0.05) is 11.6 Å². The Hall–Kier alpha value is -2.64. The van der Waals surface area contributed by atoms with Crippen LogP contribution in [0.2, 0.25) is 0 Å². The van der Waals surface area contributed by atoms with Crippen molar-refractivity contribution in [3.8, 4) is 17.1 Å². The molecule has 2 aromatic rings. The summed E-state index contributed by atoms with van der Waals surface area (Å²) in [5.74, 6) is 1.38. The number of rotatable bonds is 7. The van der Waals surface area contributed by atoms with E-state index < -0.39 is 0 Å². The smallest absolute Gasteiger partial charge is 0.410 e. The van der Waals surface area contributed by atoms with E-state index in [1.54, 1.807) is 16.6 Å². The van der Waals surface area contributed by atoms with E-state index in [4.69, 9.17) is 14.5 Å². The molecule has 0 radical (unpaired) electrons. The average molecular weight is 426 g/mol.